The summed E-state index contributed by atoms with van der Waals surface area (Å²) < 4.78 is 7.47. The molecule has 2 aliphatic heterocycles. The molecule has 2 fully saturated rings. The summed E-state index contributed by atoms with van der Waals surface area (Å²) in [6, 6.07) is 8.22. The van der Waals surface area contributed by atoms with E-state index in [9.17, 15) is 9.59 Å². The number of ether oxygens (including phenoxy) is 1. The molecular formula is C19H25N3O3. The summed E-state index contributed by atoms with van der Waals surface area (Å²) in [4.78, 5) is 29.9. The zero-order valence-electron chi connectivity index (χ0n) is 15.0. The van der Waals surface area contributed by atoms with E-state index in [1.54, 1.807) is 0 Å². The van der Waals surface area contributed by atoms with E-state index in [4.69, 9.17) is 4.74 Å². The average molecular weight is 343 g/mol. The molecule has 2 unspecified atom stereocenters. The van der Waals surface area contributed by atoms with Crippen molar-refractivity contribution >= 4 is 17.1 Å². The van der Waals surface area contributed by atoms with Crippen LogP contribution < -0.4 is 5.69 Å². The fourth-order valence-electron chi connectivity index (χ4n) is 4.41. The predicted octanol–water partition coefficient (Wildman–Crippen LogP) is 3.43. The number of carbonyl (C=O) groups excluding carboxylic acids is 1. The molecule has 2 aromatic rings. The Bertz CT molecular complexity index is 847. The third-order valence-electron chi connectivity index (χ3n) is 5.30. The van der Waals surface area contributed by atoms with Crippen LogP contribution in [0, 0.1) is 0 Å². The largest absolute Gasteiger partial charge is 0.444 e. The van der Waals surface area contributed by atoms with Gasteiger partial charge in [0.05, 0.1) is 11.0 Å². The van der Waals surface area contributed by atoms with Gasteiger partial charge in [-0.25, -0.2) is 9.59 Å². The smallest absolute Gasteiger partial charge is 0.410 e. The summed E-state index contributed by atoms with van der Waals surface area (Å²) in [5.41, 5.74) is 1.27. The summed E-state index contributed by atoms with van der Waals surface area (Å²) >= 11 is 0. The maximum absolute atomic E-state index is 12.6. The SMILES string of the molecule is CC(C)(C)OC(=O)N1C2CCC1CC(n1c(=O)[nH]c3ccccc31)C2. The highest BCUT2D eigenvalue weighted by atomic mass is 16.6. The number of imidazole rings is 1. The normalized spacial score (nSPS) is 26.2. The molecule has 25 heavy (non-hydrogen) atoms. The third-order valence-corrected chi connectivity index (χ3v) is 5.30. The van der Waals surface area contributed by atoms with Gasteiger partial charge in [0.2, 0.25) is 0 Å². The Kier molecular flexibility index (Phi) is 3.67. The number of nitrogens with one attached hydrogen (secondary N) is 1. The minimum Gasteiger partial charge on any atom is -0.444 e. The molecular weight excluding hydrogens is 318 g/mol. The highest BCUT2D eigenvalue weighted by Gasteiger charge is 2.45. The Labute approximate surface area is 146 Å². The number of aromatic amines is 1. The lowest BCUT2D eigenvalue weighted by molar-refractivity contribution is 0.00301. The van der Waals surface area contributed by atoms with Crippen molar-refractivity contribution in [3.05, 3.63) is 34.7 Å². The first kappa shape index (κ1) is 16.2. The number of benzene rings is 1. The molecule has 0 radical (unpaired) electrons. The first-order chi connectivity index (χ1) is 11.8. The van der Waals surface area contributed by atoms with Gasteiger partial charge < -0.3 is 14.6 Å². The molecule has 6 nitrogen and oxygen atoms in total. The Balaban J connectivity index is 1.60. The number of piperidine rings is 1. The van der Waals surface area contributed by atoms with Crippen molar-refractivity contribution in [2.45, 2.75) is 70.2 Å². The molecule has 4 rings (SSSR count). The van der Waals surface area contributed by atoms with Crippen LogP contribution in [-0.4, -0.2) is 38.2 Å². The summed E-state index contributed by atoms with van der Waals surface area (Å²) in [6.07, 6.45) is 3.36. The van der Waals surface area contributed by atoms with E-state index in [0.29, 0.717) is 0 Å². The van der Waals surface area contributed by atoms with Gasteiger partial charge in [-0.2, -0.15) is 0 Å². The lowest BCUT2D eigenvalue weighted by Gasteiger charge is -2.39. The first-order valence-corrected chi connectivity index (χ1v) is 9.04. The van der Waals surface area contributed by atoms with Crippen molar-refractivity contribution < 1.29 is 9.53 Å². The molecule has 2 atom stereocenters. The summed E-state index contributed by atoms with van der Waals surface area (Å²) in [6.45, 7) is 5.68. The lowest BCUT2D eigenvalue weighted by Crippen LogP contribution is -2.49. The molecule has 0 aliphatic carbocycles. The maximum atomic E-state index is 12.6. The van der Waals surface area contributed by atoms with Crippen LogP contribution in [0.3, 0.4) is 0 Å². The van der Waals surface area contributed by atoms with E-state index < -0.39 is 5.60 Å². The quantitative estimate of drug-likeness (QED) is 0.862. The molecule has 0 saturated carbocycles. The Morgan fingerprint density at radius 2 is 1.76 bits per heavy atom. The van der Waals surface area contributed by atoms with Gasteiger partial charge in [-0.15, -0.1) is 0 Å². The van der Waals surface area contributed by atoms with Gasteiger partial charge >= 0.3 is 11.8 Å². The summed E-state index contributed by atoms with van der Waals surface area (Å²) in [7, 11) is 0. The molecule has 1 N–H and O–H groups in total. The number of nitrogens with zero attached hydrogens (tertiary/aromatic N) is 2. The number of fused-ring (bicyclic) bond motifs is 3. The number of rotatable bonds is 1. The van der Waals surface area contributed by atoms with Crippen molar-refractivity contribution in [2.75, 3.05) is 0 Å². The zero-order chi connectivity index (χ0) is 17.8. The lowest BCUT2D eigenvalue weighted by atomic mass is 9.97. The standard InChI is InChI=1S/C19H25N3O3/c1-19(2,3)25-18(24)21-12-8-9-13(21)11-14(10-12)22-16-7-5-4-6-15(16)20-17(22)23/h4-7,12-14H,8-11H2,1-3H3,(H,20,23). The Hall–Kier alpha value is -2.24. The van der Waals surface area contributed by atoms with Crippen LogP contribution in [0.2, 0.25) is 0 Å². The van der Waals surface area contributed by atoms with E-state index in [1.807, 2.05) is 54.5 Å². The van der Waals surface area contributed by atoms with Gasteiger partial charge in [0.25, 0.3) is 0 Å². The van der Waals surface area contributed by atoms with E-state index in [0.717, 1.165) is 36.7 Å². The van der Waals surface area contributed by atoms with Crippen LogP contribution in [0.25, 0.3) is 11.0 Å². The number of carbonyl (C=O) groups is 1. The second-order valence-corrected chi connectivity index (χ2v) is 8.22. The third kappa shape index (κ3) is 2.83. The van der Waals surface area contributed by atoms with Crippen molar-refractivity contribution in [2.24, 2.45) is 0 Å². The molecule has 134 valence electrons. The average Bonchev–Trinajstić information content (AvgIpc) is 2.99. The topological polar surface area (TPSA) is 67.3 Å². The molecule has 2 aliphatic rings. The highest BCUT2D eigenvalue weighted by Crippen LogP contribution is 2.41. The number of amides is 1. The van der Waals surface area contributed by atoms with Crippen molar-refractivity contribution in [3.63, 3.8) is 0 Å². The number of H-pyrrole nitrogens is 1. The Morgan fingerprint density at radius 1 is 1.12 bits per heavy atom. The predicted molar refractivity (Wildman–Crippen MR) is 95.7 cm³/mol. The van der Waals surface area contributed by atoms with Crippen LogP contribution >= 0.6 is 0 Å². The molecule has 6 heteroatoms. The number of hydrogen-bond donors (Lipinski definition) is 1. The summed E-state index contributed by atoms with van der Waals surface area (Å²) in [5.74, 6) is 0. The summed E-state index contributed by atoms with van der Waals surface area (Å²) in [5, 5.41) is 0. The number of hydrogen-bond acceptors (Lipinski definition) is 3. The number of aromatic nitrogens is 2. The number of para-hydroxylation sites is 2. The fraction of sp³-hybridized carbons (Fsp3) is 0.579. The zero-order valence-corrected chi connectivity index (χ0v) is 15.0. The van der Waals surface area contributed by atoms with Gasteiger partial charge in [0.1, 0.15) is 5.60 Å². The molecule has 1 aromatic heterocycles. The van der Waals surface area contributed by atoms with E-state index >= 15 is 0 Å². The van der Waals surface area contributed by atoms with Gasteiger partial charge in [-0.1, -0.05) is 12.1 Å². The Morgan fingerprint density at radius 3 is 2.40 bits per heavy atom. The van der Waals surface area contributed by atoms with Crippen molar-refractivity contribution in [3.8, 4) is 0 Å². The van der Waals surface area contributed by atoms with Gasteiger partial charge in [-0.05, 0) is 58.6 Å². The fourth-order valence-corrected chi connectivity index (χ4v) is 4.41. The molecule has 2 bridgehead atoms. The second kappa shape index (κ2) is 5.64. The van der Waals surface area contributed by atoms with E-state index in [1.165, 1.54) is 0 Å². The van der Waals surface area contributed by atoms with Crippen molar-refractivity contribution in [1.29, 1.82) is 0 Å². The molecule has 1 aromatic carbocycles. The minimum atomic E-state index is -0.485. The van der Waals surface area contributed by atoms with Crippen LogP contribution in [-0.2, 0) is 4.74 Å². The van der Waals surface area contributed by atoms with Crippen LogP contribution in [0.15, 0.2) is 29.1 Å². The van der Waals surface area contributed by atoms with Gasteiger partial charge in [0.15, 0.2) is 0 Å². The molecule has 3 heterocycles. The minimum absolute atomic E-state index is 0.0590. The molecule has 2 saturated heterocycles. The van der Waals surface area contributed by atoms with Crippen LogP contribution in [0.1, 0.15) is 52.5 Å². The molecule has 1 amide bonds. The van der Waals surface area contributed by atoms with Gasteiger partial charge in [-0.3, -0.25) is 4.57 Å². The first-order valence-electron chi connectivity index (χ1n) is 9.04. The second-order valence-electron chi connectivity index (χ2n) is 8.22. The van der Waals surface area contributed by atoms with E-state index in [-0.39, 0.29) is 29.9 Å². The van der Waals surface area contributed by atoms with Crippen LogP contribution in [0.4, 0.5) is 4.79 Å². The van der Waals surface area contributed by atoms with Gasteiger partial charge in [0, 0.05) is 18.1 Å². The highest BCUT2D eigenvalue weighted by molar-refractivity contribution is 5.75. The molecule has 0 spiro atoms. The monoisotopic (exact) mass is 343 g/mol. The van der Waals surface area contributed by atoms with Crippen molar-refractivity contribution in [1.82, 2.24) is 14.5 Å². The maximum Gasteiger partial charge on any atom is 0.410 e. The van der Waals surface area contributed by atoms with E-state index in [2.05, 4.69) is 4.98 Å². The van der Waals surface area contributed by atoms with Crippen LogP contribution in [0.5, 0.6) is 0 Å².